The number of piperidine rings is 1. The lowest BCUT2D eigenvalue weighted by molar-refractivity contribution is -0.122. The highest BCUT2D eigenvalue weighted by atomic mass is 19.1. The van der Waals surface area contributed by atoms with E-state index >= 15 is 0 Å². The van der Waals surface area contributed by atoms with Gasteiger partial charge in [-0.1, -0.05) is 30.3 Å². The largest absolute Gasteiger partial charge is 0.396 e. The molecule has 2 N–H and O–H groups in total. The van der Waals surface area contributed by atoms with Gasteiger partial charge in [0.05, 0.1) is 0 Å². The van der Waals surface area contributed by atoms with Crippen LogP contribution >= 0.6 is 0 Å². The van der Waals surface area contributed by atoms with Gasteiger partial charge < -0.3 is 10.4 Å². The number of likely N-dealkylation sites (tertiary alicyclic amines) is 1. The minimum Gasteiger partial charge on any atom is -0.396 e. The highest BCUT2D eigenvalue weighted by Gasteiger charge is 2.31. The summed E-state index contributed by atoms with van der Waals surface area (Å²) in [5.41, 5.74) is 1.49. The predicted octanol–water partition coefficient (Wildman–Crippen LogP) is 3.21. The third kappa shape index (κ3) is 4.44. The number of anilines is 1. The molecule has 5 heteroatoms. The monoisotopic (exact) mass is 342 g/mol. The lowest BCUT2D eigenvalue weighted by Crippen LogP contribution is -2.44. The van der Waals surface area contributed by atoms with Crippen molar-refractivity contribution < 1.29 is 14.3 Å². The predicted molar refractivity (Wildman–Crippen MR) is 95.6 cm³/mol. The number of nitrogens with zero attached hydrogens (tertiary/aromatic N) is 1. The molecule has 0 unspecified atom stereocenters. The fraction of sp³-hybridized carbons (Fsp3) is 0.350. The molecule has 1 aliphatic rings. The molecule has 2 atom stereocenters. The lowest BCUT2D eigenvalue weighted by Gasteiger charge is -2.37. The summed E-state index contributed by atoms with van der Waals surface area (Å²) in [6.07, 6.45) is 1.94. The summed E-state index contributed by atoms with van der Waals surface area (Å²) in [5.74, 6) is -0.283. The Labute approximate surface area is 147 Å². The second-order valence-corrected chi connectivity index (χ2v) is 6.50. The van der Waals surface area contributed by atoms with E-state index in [1.807, 2.05) is 30.3 Å². The normalized spacial score (nSPS) is 19.4. The first kappa shape index (κ1) is 17.6. The van der Waals surface area contributed by atoms with Gasteiger partial charge in [0.15, 0.2) is 0 Å². The van der Waals surface area contributed by atoms with Crippen LogP contribution in [-0.2, 0) is 4.79 Å². The fourth-order valence-electron chi connectivity index (χ4n) is 3.39. The zero-order chi connectivity index (χ0) is 17.6. The first-order valence-corrected chi connectivity index (χ1v) is 8.63. The zero-order valence-corrected chi connectivity index (χ0v) is 14.1. The van der Waals surface area contributed by atoms with Crippen LogP contribution in [0.15, 0.2) is 54.6 Å². The molecule has 4 nitrogen and oxygen atoms in total. The summed E-state index contributed by atoms with van der Waals surface area (Å²) in [7, 11) is 0. The second-order valence-electron chi connectivity index (χ2n) is 6.50. The summed E-state index contributed by atoms with van der Waals surface area (Å²) in [6, 6.07) is 15.0. The minimum atomic E-state index is -0.430. The molecule has 0 spiro atoms. The Bertz CT molecular complexity index is 691. The fourth-order valence-corrected chi connectivity index (χ4v) is 3.39. The quantitative estimate of drug-likeness (QED) is 0.877. The Balaban J connectivity index is 1.83. The van der Waals surface area contributed by atoms with Gasteiger partial charge in [-0.25, -0.2) is 4.39 Å². The number of halogens is 1. The molecule has 25 heavy (non-hydrogen) atoms. The van der Waals surface area contributed by atoms with E-state index in [1.54, 1.807) is 12.1 Å². The molecule has 1 fully saturated rings. The Hall–Kier alpha value is -2.24. The third-order valence-corrected chi connectivity index (χ3v) is 4.65. The third-order valence-electron chi connectivity index (χ3n) is 4.65. The maximum Gasteiger partial charge on any atom is 0.246 e. The van der Waals surface area contributed by atoms with Crippen LogP contribution in [0.4, 0.5) is 10.1 Å². The van der Waals surface area contributed by atoms with E-state index in [0.29, 0.717) is 12.2 Å². The molecule has 1 saturated heterocycles. The Morgan fingerprint density at radius 2 is 1.92 bits per heavy atom. The summed E-state index contributed by atoms with van der Waals surface area (Å²) in [5, 5.41) is 12.4. The van der Waals surface area contributed by atoms with Crippen molar-refractivity contribution >= 4 is 11.6 Å². The maximum absolute atomic E-state index is 13.1. The highest BCUT2D eigenvalue weighted by molar-refractivity contribution is 5.95. The molecule has 2 aromatic rings. The number of carbonyl (C=O) groups is 1. The van der Waals surface area contributed by atoms with Crippen molar-refractivity contribution in [1.82, 2.24) is 4.90 Å². The van der Waals surface area contributed by atoms with Crippen LogP contribution in [-0.4, -0.2) is 35.6 Å². The molecule has 0 aromatic heterocycles. The molecule has 1 amide bonds. The average Bonchev–Trinajstić information content (AvgIpc) is 2.65. The van der Waals surface area contributed by atoms with E-state index in [4.69, 9.17) is 0 Å². The van der Waals surface area contributed by atoms with Crippen molar-refractivity contribution in [2.75, 3.05) is 25.0 Å². The summed E-state index contributed by atoms with van der Waals surface area (Å²) in [4.78, 5) is 15.1. The Kier molecular flexibility index (Phi) is 5.79. The van der Waals surface area contributed by atoms with Crippen molar-refractivity contribution in [3.05, 3.63) is 66.0 Å². The van der Waals surface area contributed by atoms with Gasteiger partial charge in [-0.15, -0.1) is 0 Å². The molecule has 2 aromatic carbocycles. The minimum absolute atomic E-state index is 0.136. The van der Waals surface area contributed by atoms with Crippen LogP contribution in [0, 0.1) is 11.7 Å². The van der Waals surface area contributed by atoms with E-state index in [-0.39, 0.29) is 24.2 Å². The molecule has 132 valence electrons. The molecular weight excluding hydrogens is 319 g/mol. The van der Waals surface area contributed by atoms with Crippen molar-refractivity contribution in [3.8, 4) is 0 Å². The van der Waals surface area contributed by atoms with Crippen LogP contribution in [0.2, 0.25) is 0 Å². The molecule has 0 saturated carbocycles. The van der Waals surface area contributed by atoms with E-state index in [2.05, 4.69) is 10.2 Å². The molecular formula is C20H23FN2O2. The topological polar surface area (TPSA) is 52.6 Å². The number of aliphatic hydroxyl groups is 1. The second kappa shape index (κ2) is 8.23. The number of amides is 1. The van der Waals surface area contributed by atoms with Crippen LogP contribution in [0.5, 0.6) is 0 Å². The number of nitrogens with one attached hydrogen (secondary N) is 1. The van der Waals surface area contributed by atoms with Gasteiger partial charge in [0.1, 0.15) is 11.9 Å². The van der Waals surface area contributed by atoms with Crippen LogP contribution in [0.3, 0.4) is 0 Å². The summed E-state index contributed by atoms with van der Waals surface area (Å²) in [6.45, 7) is 1.64. The highest BCUT2D eigenvalue weighted by Crippen LogP contribution is 2.28. The van der Waals surface area contributed by atoms with Gasteiger partial charge in [-0.3, -0.25) is 9.69 Å². The van der Waals surface area contributed by atoms with Gasteiger partial charge in [-0.2, -0.15) is 0 Å². The van der Waals surface area contributed by atoms with Gasteiger partial charge in [0.25, 0.3) is 0 Å². The Morgan fingerprint density at radius 1 is 1.20 bits per heavy atom. The van der Waals surface area contributed by atoms with Gasteiger partial charge in [-0.05, 0) is 55.1 Å². The summed E-state index contributed by atoms with van der Waals surface area (Å²) >= 11 is 0. The SMILES string of the molecule is O=C(Nc1ccc(F)cc1)[C@H](c1ccccc1)N1CCC[C@H](CO)C1. The number of aliphatic hydroxyl groups excluding tert-OH is 1. The van der Waals surface area contributed by atoms with Gasteiger partial charge in [0, 0.05) is 18.8 Å². The van der Waals surface area contributed by atoms with Crippen molar-refractivity contribution in [3.63, 3.8) is 0 Å². The van der Waals surface area contributed by atoms with E-state index in [0.717, 1.165) is 24.9 Å². The average molecular weight is 342 g/mol. The smallest absolute Gasteiger partial charge is 0.246 e. The van der Waals surface area contributed by atoms with Gasteiger partial charge >= 0.3 is 0 Å². The van der Waals surface area contributed by atoms with E-state index in [9.17, 15) is 14.3 Å². The maximum atomic E-state index is 13.1. The van der Waals surface area contributed by atoms with Crippen molar-refractivity contribution in [2.45, 2.75) is 18.9 Å². The van der Waals surface area contributed by atoms with Crippen molar-refractivity contribution in [2.24, 2.45) is 5.92 Å². The van der Waals surface area contributed by atoms with Crippen LogP contribution in [0.1, 0.15) is 24.4 Å². The van der Waals surface area contributed by atoms with E-state index in [1.165, 1.54) is 12.1 Å². The number of hydrogen-bond donors (Lipinski definition) is 2. The van der Waals surface area contributed by atoms with Crippen LogP contribution < -0.4 is 5.32 Å². The zero-order valence-electron chi connectivity index (χ0n) is 14.1. The standard InChI is InChI=1S/C20H23FN2O2/c21-17-8-10-18(11-9-17)22-20(25)19(16-6-2-1-3-7-16)23-12-4-5-15(13-23)14-24/h1-3,6-11,15,19,24H,4-5,12-14H2,(H,22,25)/t15-,19-/m0/s1. The van der Waals surface area contributed by atoms with Crippen LogP contribution in [0.25, 0.3) is 0 Å². The first-order valence-electron chi connectivity index (χ1n) is 8.63. The van der Waals surface area contributed by atoms with Crippen molar-refractivity contribution in [1.29, 1.82) is 0 Å². The summed E-state index contributed by atoms with van der Waals surface area (Å²) < 4.78 is 13.1. The molecule has 1 aliphatic heterocycles. The number of carbonyl (C=O) groups excluding carboxylic acids is 1. The molecule has 3 rings (SSSR count). The number of rotatable bonds is 5. The number of benzene rings is 2. The van der Waals surface area contributed by atoms with E-state index < -0.39 is 6.04 Å². The number of hydrogen-bond acceptors (Lipinski definition) is 3. The van der Waals surface area contributed by atoms with Gasteiger partial charge in [0.2, 0.25) is 5.91 Å². The molecule has 0 radical (unpaired) electrons. The molecule has 1 heterocycles. The Morgan fingerprint density at radius 3 is 2.60 bits per heavy atom. The first-order chi connectivity index (χ1) is 12.2. The lowest BCUT2D eigenvalue weighted by atomic mass is 9.95. The molecule has 0 bridgehead atoms. The molecule has 0 aliphatic carbocycles.